The van der Waals surface area contributed by atoms with Gasteiger partial charge in [0.05, 0.1) is 7.11 Å². The van der Waals surface area contributed by atoms with E-state index >= 15 is 0 Å². The second kappa shape index (κ2) is 4.53. The Kier molecular flexibility index (Phi) is 3.10. The molecular formula is C12H15NO3. The molecule has 1 aliphatic heterocycles. The maximum absolute atomic E-state index is 10.9. The lowest BCUT2D eigenvalue weighted by molar-refractivity contribution is -0.132. The van der Waals surface area contributed by atoms with Gasteiger partial charge in [0.25, 0.3) is 0 Å². The Morgan fingerprint density at radius 3 is 2.69 bits per heavy atom. The van der Waals surface area contributed by atoms with E-state index in [1.165, 1.54) is 12.5 Å². The molecule has 2 rings (SSSR count). The number of ether oxygens (including phenoxy) is 2. The smallest absolute Gasteiger partial charge is 0.308 e. The van der Waals surface area contributed by atoms with E-state index in [2.05, 4.69) is 5.32 Å². The molecule has 0 spiro atoms. The Morgan fingerprint density at radius 1 is 1.44 bits per heavy atom. The number of carbonyl (C=O) groups is 1. The van der Waals surface area contributed by atoms with Crippen molar-refractivity contribution in [2.75, 3.05) is 13.7 Å². The fourth-order valence-electron chi connectivity index (χ4n) is 1.71. The van der Waals surface area contributed by atoms with Crippen LogP contribution in [0.1, 0.15) is 24.9 Å². The van der Waals surface area contributed by atoms with Gasteiger partial charge in [0.15, 0.2) is 11.5 Å². The normalized spacial score (nSPS) is 18.8. The molecule has 1 saturated heterocycles. The van der Waals surface area contributed by atoms with Crippen LogP contribution < -0.4 is 14.8 Å². The van der Waals surface area contributed by atoms with Crippen LogP contribution in [-0.2, 0) is 4.79 Å². The van der Waals surface area contributed by atoms with E-state index in [1.54, 1.807) is 13.2 Å². The van der Waals surface area contributed by atoms with Gasteiger partial charge in [0.2, 0.25) is 0 Å². The van der Waals surface area contributed by atoms with Gasteiger partial charge in [-0.1, -0.05) is 6.07 Å². The minimum Gasteiger partial charge on any atom is -0.493 e. The van der Waals surface area contributed by atoms with Crippen LogP contribution in [0.25, 0.3) is 0 Å². The molecule has 0 aromatic heterocycles. The first-order valence-corrected chi connectivity index (χ1v) is 5.30. The van der Waals surface area contributed by atoms with Crippen molar-refractivity contribution in [3.63, 3.8) is 0 Å². The van der Waals surface area contributed by atoms with Crippen LogP contribution in [0.3, 0.4) is 0 Å². The van der Waals surface area contributed by atoms with Crippen molar-refractivity contribution in [2.45, 2.75) is 19.4 Å². The highest BCUT2D eigenvalue weighted by Gasteiger charge is 2.20. The molecule has 1 aromatic rings. The van der Waals surface area contributed by atoms with Gasteiger partial charge in [-0.05, 0) is 30.7 Å². The molecule has 0 unspecified atom stereocenters. The maximum atomic E-state index is 10.9. The number of hydrogen-bond acceptors (Lipinski definition) is 4. The first kappa shape index (κ1) is 11.0. The quantitative estimate of drug-likeness (QED) is 0.623. The van der Waals surface area contributed by atoms with Crippen LogP contribution in [0.15, 0.2) is 18.2 Å². The van der Waals surface area contributed by atoms with Crippen molar-refractivity contribution >= 4 is 5.97 Å². The van der Waals surface area contributed by atoms with Crippen LogP contribution in [0.4, 0.5) is 0 Å². The number of benzene rings is 1. The van der Waals surface area contributed by atoms with Gasteiger partial charge in [0.1, 0.15) is 0 Å². The molecule has 0 aliphatic carbocycles. The third kappa shape index (κ3) is 2.17. The van der Waals surface area contributed by atoms with Gasteiger partial charge in [-0.3, -0.25) is 4.79 Å². The monoisotopic (exact) mass is 221 g/mol. The standard InChI is InChI=1S/C12H15NO3/c1-8(14)16-11-4-3-9(7-12(11)15-2)10-5-6-13-10/h3-4,7,10,13H,5-6H2,1-2H3/t10-/m0/s1. The predicted octanol–water partition coefficient (Wildman–Crippen LogP) is 1.65. The summed E-state index contributed by atoms with van der Waals surface area (Å²) in [4.78, 5) is 10.9. The molecule has 86 valence electrons. The third-order valence-corrected chi connectivity index (χ3v) is 2.67. The average molecular weight is 221 g/mol. The highest BCUT2D eigenvalue weighted by molar-refractivity contribution is 5.70. The summed E-state index contributed by atoms with van der Waals surface area (Å²) in [5.41, 5.74) is 1.17. The lowest BCUT2D eigenvalue weighted by Gasteiger charge is -2.28. The highest BCUT2D eigenvalue weighted by Crippen LogP contribution is 2.32. The number of nitrogens with one attached hydrogen (secondary N) is 1. The zero-order valence-corrected chi connectivity index (χ0v) is 9.45. The van der Waals surface area contributed by atoms with Crippen molar-refractivity contribution in [3.05, 3.63) is 23.8 Å². The van der Waals surface area contributed by atoms with E-state index in [0.717, 1.165) is 13.0 Å². The Labute approximate surface area is 94.6 Å². The summed E-state index contributed by atoms with van der Waals surface area (Å²) in [5, 5.41) is 3.31. The molecular weight excluding hydrogens is 206 g/mol. The molecule has 0 saturated carbocycles. The molecule has 16 heavy (non-hydrogen) atoms. The summed E-state index contributed by atoms with van der Waals surface area (Å²) in [6, 6.07) is 6.04. The molecule has 0 bridgehead atoms. The van der Waals surface area contributed by atoms with Crippen molar-refractivity contribution in [1.29, 1.82) is 0 Å². The van der Waals surface area contributed by atoms with Crippen LogP contribution in [0.2, 0.25) is 0 Å². The largest absolute Gasteiger partial charge is 0.493 e. The summed E-state index contributed by atoms with van der Waals surface area (Å²) in [6.45, 7) is 2.43. The third-order valence-electron chi connectivity index (χ3n) is 2.67. The Hall–Kier alpha value is -1.55. The highest BCUT2D eigenvalue weighted by atomic mass is 16.6. The van der Waals surface area contributed by atoms with E-state index in [-0.39, 0.29) is 5.97 Å². The Balaban J connectivity index is 2.23. The summed E-state index contributed by atoms with van der Waals surface area (Å²) in [6.07, 6.45) is 1.13. The van der Waals surface area contributed by atoms with Crippen molar-refractivity contribution in [1.82, 2.24) is 5.32 Å². The van der Waals surface area contributed by atoms with Crippen molar-refractivity contribution < 1.29 is 14.3 Å². The number of rotatable bonds is 3. The first-order chi connectivity index (χ1) is 7.70. The minimum absolute atomic E-state index is 0.340. The summed E-state index contributed by atoms with van der Waals surface area (Å²) < 4.78 is 10.2. The molecule has 4 heteroatoms. The van der Waals surface area contributed by atoms with Gasteiger partial charge in [0, 0.05) is 13.0 Å². The molecule has 1 aromatic carbocycles. The van der Waals surface area contributed by atoms with E-state index < -0.39 is 0 Å². The van der Waals surface area contributed by atoms with E-state index in [4.69, 9.17) is 9.47 Å². The molecule has 1 aliphatic rings. The van der Waals surface area contributed by atoms with E-state index in [1.807, 2.05) is 12.1 Å². The van der Waals surface area contributed by atoms with Crippen LogP contribution in [0.5, 0.6) is 11.5 Å². The zero-order chi connectivity index (χ0) is 11.5. The lowest BCUT2D eigenvalue weighted by atomic mass is 9.98. The number of methoxy groups -OCH3 is 1. The Bertz CT molecular complexity index is 399. The summed E-state index contributed by atoms with van der Waals surface area (Å²) in [7, 11) is 1.57. The van der Waals surface area contributed by atoms with Crippen LogP contribution in [0, 0.1) is 0 Å². The second-order valence-corrected chi connectivity index (χ2v) is 3.80. The molecule has 0 amide bonds. The number of hydrogen-bond donors (Lipinski definition) is 1. The van der Waals surface area contributed by atoms with Gasteiger partial charge >= 0.3 is 5.97 Å². The number of carbonyl (C=O) groups excluding carboxylic acids is 1. The maximum Gasteiger partial charge on any atom is 0.308 e. The van der Waals surface area contributed by atoms with E-state index in [9.17, 15) is 4.79 Å². The van der Waals surface area contributed by atoms with Gasteiger partial charge < -0.3 is 14.8 Å². The Morgan fingerprint density at radius 2 is 2.19 bits per heavy atom. The second-order valence-electron chi connectivity index (χ2n) is 3.80. The topological polar surface area (TPSA) is 47.6 Å². The lowest BCUT2D eigenvalue weighted by Crippen LogP contribution is -2.34. The van der Waals surface area contributed by atoms with Crippen molar-refractivity contribution in [2.24, 2.45) is 0 Å². The summed E-state index contributed by atoms with van der Waals surface area (Å²) in [5.74, 6) is 0.729. The van der Waals surface area contributed by atoms with E-state index in [0.29, 0.717) is 17.5 Å². The van der Waals surface area contributed by atoms with Gasteiger partial charge in [-0.2, -0.15) is 0 Å². The van der Waals surface area contributed by atoms with Crippen LogP contribution in [-0.4, -0.2) is 19.6 Å². The number of esters is 1. The molecule has 1 atom stereocenters. The molecule has 1 heterocycles. The predicted molar refractivity (Wildman–Crippen MR) is 59.7 cm³/mol. The fourth-order valence-corrected chi connectivity index (χ4v) is 1.71. The minimum atomic E-state index is -0.340. The zero-order valence-electron chi connectivity index (χ0n) is 9.45. The van der Waals surface area contributed by atoms with Gasteiger partial charge in [-0.25, -0.2) is 0 Å². The van der Waals surface area contributed by atoms with Gasteiger partial charge in [-0.15, -0.1) is 0 Å². The SMILES string of the molecule is COc1cc([C@@H]2CCN2)ccc1OC(C)=O. The molecule has 0 radical (unpaired) electrons. The molecule has 4 nitrogen and oxygen atoms in total. The van der Waals surface area contributed by atoms with Crippen molar-refractivity contribution in [3.8, 4) is 11.5 Å². The summed E-state index contributed by atoms with van der Waals surface area (Å²) >= 11 is 0. The average Bonchev–Trinajstić information content (AvgIpc) is 2.16. The molecule has 1 fully saturated rings. The fraction of sp³-hybridized carbons (Fsp3) is 0.417. The molecule has 1 N–H and O–H groups in total. The first-order valence-electron chi connectivity index (χ1n) is 5.30. The van der Waals surface area contributed by atoms with Crippen LogP contribution >= 0.6 is 0 Å².